The zero-order chi connectivity index (χ0) is 15.0. The van der Waals surface area contributed by atoms with E-state index < -0.39 is 32.7 Å². The van der Waals surface area contributed by atoms with Gasteiger partial charge in [-0.05, 0) is 37.0 Å². The third kappa shape index (κ3) is 4.57. The van der Waals surface area contributed by atoms with Gasteiger partial charge in [0.25, 0.3) is 0 Å². The van der Waals surface area contributed by atoms with Crippen molar-refractivity contribution >= 4 is 22.4 Å². The van der Waals surface area contributed by atoms with E-state index in [1.54, 1.807) is 0 Å². The first-order chi connectivity index (χ1) is 9.24. The lowest BCUT2D eigenvalue weighted by molar-refractivity contribution is -0.137. The Morgan fingerprint density at radius 2 is 1.95 bits per heavy atom. The van der Waals surface area contributed by atoms with Crippen LogP contribution in [0.4, 0.5) is 13.2 Å². The highest BCUT2D eigenvalue weighted by atomic mass is 35.5. The van der Waals surface area contributed by atoms with Crippen LogP contribution >= 0.6 is 12.4 Å². The van der Waals surface area contributed by atoms with E-state index in [0.29, 0.717) is 6.07 Å². The fourth-order valence-corrected chi connectivity index (χ4v) is 3.31. The molecule has 3 N–H and O–H groups in total. The van der Waals surface area contributed by atoms with Crippen LogP contribution in [0.15, 0.2) is 29.2 Å². The number of nitrogens with two attached hydrogens (primary N) is 1. The average molecular weight is 345 g/mol. The van der Waals surface area contributed by atoms with Crippen LogP contribution in [0.5, 0.6) is 0 Å². The lowest BCUT2D eigenvalue weighted by atomic mass is 10.2. The molecule has 1 aliphatic rings. The summed E-state index contributed by atoms with van der Waals surface area (Å²) in [6, 6.07) is 3.25. The summed E-state index contributed by atoms with van der Waals surface area (Å²) in [7, 11) is -3.99. The molecule has 1 fully saturated rings. The van der Waals surface area contributed by atoms with Gasteiger partial charge in [-0.25, -0.2) is 13.1 Å². The second-order valence-corrected chi connectivity index (χ2v) is 6.54. The molecule has 0 aromatic heterocycles. The number of sulfonamides is 1. The summed E-state index contributed by atoms with van der Waals surface area (Å²) in [4.78, 5) is -0.397. The fourth-order valence-electron chi connectivity index (χ4n) is 1.94. The van der Waals surface area contributed by atoms with Crippen LogP contribution in [-0.4, -0.2) is 21.0 Å². The molecule has 21 heavy (non-hydrogen) atoms. The second kappa shape index (κ2) is 6.51. The molecule has 9 heteroatoms. The molecule has 0 amide bonds. The summed E-state index contributed by atoms with van der Waals surface area (Å²) in [6.07, 6.45) is -2.81. The largest absolute Gasteiger partial charge is 0.416 e. The van der Waals surface area contributed by atoms with E-state index in [1.807, 2.05) is 0 Å². The lowest BCUT2D eigenvalue weighted by Gasteiger charge is -2.17. The van der Waals surface area contributed by atoms with E-state index in [1.165, 1.54) is 0 Å². The van der Waals surface area contributed by atoms with Gasteiger partial charge in [-0.2, -0.15) is 13.2 Å². The average Bonchev–Trinajstić information content (AvgIpc) is 3.19. The first kappa shape index (κ1) is 18.2. The predicted molar refractivity (Wildman–Crippen MR) is 74.6 cm³/mol. The molecule has 1 aromatic carbocycles. The van der Waals surface area contributed by atoms with Crippen LogP contribution in [0.3, 0.4) is 0 Å². The summed E-state index contributed by atoms with van der Waals surface area (Å²) >= 11 is 0. The number of alkyl halides is 3. The highest BCUT2D eigenvalue weighted by Crippen LogP contribution is 2.33. The summed E-state index contributed by atoms with van der Waals surface area (Å²) < 4.78 is 64.3. The van der Waals surface area contributed by atoms with Crippen LogP contribution < -0.4 is 10.5 Å². The molecule has 1 aliphatic carbocycles. The van der Waals surface area contributed by atoms with Gasteiger partial charge in [0, 0.05) is 12.6 Å². The maximum absolute atomic E-state index is 12.6. The number of benzene rings is 1. The summed E-state index contributed by atoms with van der Waals surface area (Å²) in [6.45, 7) is 0.128. The van der Waals surface area contributed by atoms with Crippen LogP contribution in [0.1, 0.15) is 18.4 Å². The number of nitrogens with one attached hydrogen (secondary N) is 1. The Bertz CT molecular complexity index is 588. The molecule has 0 spiro atoms. The van der Waals surface area contributed by atoms with Gasteiger partial charge in [0.15, 0.2) is 0 Å². The molecule has 120 valence electrons. The van der Waals surface area contributed by atoms with Crippen molar-refractivity contribution in [2.24, 2.45) is 11.7 Å². The minimum absolute atomic E-state index is 0. The Kier molecular flexibility index (Phi) is 5.65. The topological polar surface area (TPSA) is 72.2 Å². The Morgan fingerprint density at radius 1 is 1.33 bits per heavy atom. The molecule has 1 aromatic rings. The summed E-state index contributed by atoms with van der Waals surface area (Å²) in [5.41, 5.74) is 4.50. The molecule has 1 saturated carbocycles. The minimum atomic E-state index is -4.57. The molecular formula is C12H16ClF3N2O2S. The molecule has 2 rings (SSSR count). The van der Waals surface area contributed by atoms with Crippen molar-refractivity contribution in [2.45, 2.75) is 30.0 Å². The van der Waals surface area contributed by atoms with E-state index in [0.717, 1.165) is 31.0 Å². The highest BCUT2D eigenvalue weighted by molar-refractivity contribution is 7.89. The molecule has 0 heterocycles. The molecule has 0 bridgehead atoms. The van der Waals surface area contributed by atoms with Crippen molar-refractivity contribution in [3.8, 4) is 0 Å². The van der Waals surface area contributed by atoms with Crippen molar-refractivity contribution in [1.82, 2.24) is 4.72 Å². The second-order valence-electron chi connectivity index (χ2n) is 4.83. The number of hydrogen-bond donors (Lipinski definition) is 2. The SMILES string of the molecule is Cl.NCC(NS(=O)(=O)c1cccc(C(F)(F)F)c1)C1CC1. The van der Waals surface area contributed by atoms with Crippen LogP contribution in [0.25, 0.3) is 0 Å². The molecule has 1 unspecified atom stereocenters. The van der Waals surface area contributed by atoms with Gasteiger partial charge in [-0.1, -0.05) is 6.07 Å². The Balaban J connectivity index is 0.00000220. The normalized spacial score (nSPS) is 17.1. The van der Waals surface area contributed by atoms with Gasteiger partial charge in [-0.3, -0.25) is 0 Å². The van der Waals surface area contributed by atoms with Crippen molar-refractivity contribution in [2.75, 3.05) is 6.54 Å². The Hall–Kier alpha value is -0.830. The van der Waals surface area contributed by atoms with Gasteiger partial charge in [-0.15, -0.1) is 12.4 Å². The van der Waals surface area contributed by atoms with Gasteiger partial charge < -0.3 is 5.73 Å². The molecule has 0 aliphatic heterocycles. The van der Waals surface area contributed by atoms with E-state index in [4.69, 9.17) is 5.73 Å². The van der Waals surface area contributed by atoms with Crippen molar-refractivity contribution in [1.29, 1.82) is 0 Å². The van der Waals surface area contributed by atoms with E-state index in [-0.39, 0.29) is 24.9 Å². The van der Waals surface area contributed by atoms with Gasteiger partial charge in [0.2, 0.25) is 10.0 Å². The third-order valence-corrected chi connectivity index (χ3v) is 4.71. The fraction of sp³-hybridized carbons (Fsp3) is 0.500. The van der Waals surface area contributed by atoms with Crippen LogP contribution in [0, 0.1) is 5.92 Å². The summed E-state index contributed by atoms with van der Waals surface area (Å²) in [5, 5.41) is 0. The molecule has 1 atom stereocenters. The Morgan fingerprint density at radius 3 is 2.43 bits per heavy atom. The van der Waals surface area contributed by atoms with Gasteiger partial charge >= 0.3 is 6.18 Å². The third-order valence-electron chi connectivity index (χ3n) is 3.22. The highest BCUT2D eigenvalue weighted by Gasteiger charge is 2.35. The van der Waals surface area contributed by atoms with Crippen LogP contribution in [0.2, 0.25) is 0 Å². The quantitative estimate of drug-likeness (QED) is 0.859. The zero-order valence-electron chi connectivity index (χ0n) is 10.9. The predicted octanol–water partition coefficient (Wildman–Crippen LogP) is 2.14. The lowest BCUT2D eigenvalue weighted by Crippen LogP contribution is -2.41. The zero-order valence-corrected chi connectivity index (χ0v) is 12.6. The maximum Gasteiger partial charge on any atom is 0.416 e. The smallest absolute Gasteiger partial charge is 0.329 e. The van der Waals surface area contributed by atoms with Crippen molar-refractivity contribution in [3.63, 3.8) is 0 Å². The monoisotopic (exact) mass is 344 g/mol. The molecule has 0 saturated heterocycles. The first-order valence-electron chi connectivity index (χ1n) is 6.13. The van der Waals surface area contributed by atoms with Gasteiger partial charge in [0.1, 0.15) is 0 Å². The standard InChI is InChI=1S/C12H15F3N2O2S.ClH/c13-12(14,15)9-2-1-3-10(6-9)20(18,19)17-11(7-16)8-4-5-8;/h1-3,6,8,11,17H,4-5,7,16H2;1H. The van der Waals surface area contributed by atoms with Crippen LogP contribution in [-0.2, 0) is 16.2 Å². The molecule has 0 radical (unpaired) electrons. The van der Waals surface area contributed by atoms with E-state index >= 15 is 0 Å². The van der Waals surface area contributed by atoms with Gasteiger partial charge in [0.05, 0.1) is 10.5 Å². The number of halogens is 4. The minimum Gasteiger partial charge on any atom is -0.329 e. The number of rotatable bonds is 5. The maximum atomic E-state index is 12.6. The van der Waals surface area contributed by atoms with E-state index in [2.05, 4.69) is 4.72 Å². The first-order valence-corrected chi connectivity index (χ1v) is 7.62. The van der Waals surface area contributed by atoms with E-state index in [9.17, 15) is 21.6 Å². The molecule has 4 nitrogen and oxygen atoms in total. The van der Waals surface area contributed by atoms with Crippen molar-refractivity contribution < 1.29 is 21.6 Å². The summed E-state index contributed by atoms with van der Waals surface area (Å²) in [5.74, 6) is 0.181. The number of hydrogen-bond acceptors (Lipinski definition) is 3. The molecular weight excluding hydrogens is 329 g/mol. The Labute approximate surface area is 127 Å². The van der Waals surface area contributed by atoms with Crippen molar-refractivity contribution in [3.05, 3.63) is 29.8 Å².